The first-order chi connectivity index (χ1) is 9.90. The molecule has 0 spiro atoms. The van der Waals surface area contributed by atoms with E-state index in [4.69, 9.17) is 10.9 Å². The minimum atomic E-state index is -0.237. The van der Waals surface area contributed by atoms with Gasteiger partial charge in [-0.1, -0.05) is 17.3 Å². The van der Waals surface area contributed by atoms with Crippen LogP contribution in [0.2, 0.25) is 0 Å². The summed E-state index contributed by atoms with van der Waals surface area (Å²) in [4.78, 5) is 26.9. The van der Waals surface area contributed by atoms with Gasteiger partial charge in [0.1, 0.15) is 0 Å². The molecule has 0 atom stereocenters. The van der Waals surface area contributed by atoms with Gasteiger partial charge in [0, 0.05) is 31.8 Å². The van der Waals surface area contributed by atoms with Gasteiger partial charge in [-0.25, -0.2) is 0 Å². The summed E-state index contributed by atoms with van der Waals surface area (Å²) in [5, 5.41) is 11.5. The molecule has 0 saturated carbocycles. The van der Waals surface area contributed by atoms with E-state index in [1.54, 1.807) is 38.4 Å². The van der Waals surface area contributed by atoms with Crippen LogP contribution in [0.4, 0.5) is 0 Å². The number of nitrogens with two attached hydrogens (primary N) is 1. The molecule has 0 unspecified atom stereocenters. The molecule has 1 aromatic carbocycles. The molecule has 7 nitrogen and oxygen atoms in total. The molecule has 0 aliphatic heterocycles. The average Bonchev–Trinajstić information content (AvgIpc) is 2.50. The van der Waals surface area contributed by atoms with Crippen molar-refractivity contribution < 1.29 is 14.8 Å². The summed E-state index contributed by atoms with van der Waals surface area (Å²) in [6, 6.07) is 6.34. The van der Waals surface area contributed by atoms with E-state index in [0.717, 1.165) is 0 Å². The van der Waals surface area contributed by atoms with Crippen LogP contribution >= 0.6 is 0 Å². The molecule has 7 heteroatoms. The number of hydrogen-bond acceptors (Lipinski definition) is 4. The van der Waals surface area contributed by atoms with Crippen LogP contribution in [0.1, 0.15) is 22.8 Å². The summed E-state index contributed by atoms with van der Waals surface area (Å²) in [7, 11) is 3.29. The van der Waals surface area contributed by atoms with E-state index < -0.39 is 0 Å². The van der Waals surface area contributed by atoms with Gasteiger partial charge in [0.15, 0.2) is 5.84 Å². The van der Waals surface area contributed by atoms with Crippen molar-refractivity contribution in [2.24, 2.45) is 10.9 Å². The SMILES string of the molecule is CCN(CC(=O)N(C)C)C(=O)c1ccc(C(N)=NO)cc1. The van der Waals surface area contributed by atoms with Gasteiger partial charge in [0.25, 0.3) is 5.91 Å². The molecular formula is C14H20N4O3. The zero-order valence-corrected chi connectivity index (χ0v) is 12.4. The maximum Gasteiger partial charge on any atom is 0.254 e. The maximum atomic E-state index is 12.3. The molecule has 21 heavy (non-hydrogen) atoms. The van der Waals surface area contributed by atoms with Crippen LogP contribution in [0.3, 0.4) is 0 Å². The van der Waals surface area contributed by atoms with Gasteiger partial charge >= 0.3 is 0 Å². The number of benzene rings is 1. The number of oxime groups is 1. The Morgan fingerprint density at radius 3 is 2.14 bits per heavy atom. The van der Waals surface area contributed by atoms with Crippen LogP contribution in [-0.2, 0) is 4.79 Å². The number of rotatable bonds is 5. The fraction of sp³-hybridized carbons (Fsp3) is 0.357. The molecule has 0 bridgehead atoms. The van der Waals surface area contributed by atoms with Crippen LogP contribution in [0.25, 0.3) is 0 Å². The molecule has 1 rings (SSSR count). The minimum Gasteiger partial charge on any atom is -0.409 e. The number of carbonyl (C=O) groups excluding carboxylic acids is 2. The molecule has 0 aliphatic carbocycles. The lowest BCUT2D eigenvalue weighted by molar-refractivity contribution is -0.129. The second kappa shape index (κ2) is 7.28. The Kier molecular flexibility index (Phi) is 5.71. The normalized spacial score (nSPS) is 11.1. The van der Waals surface area contributed by atoms with Crippen LogP contribution in [0, 0.1) is 0 Å². The number of hydrogen-bond donors (Lipinski definition) is 2. The third-order valence-electron chi connectivity index (χ3n) is 3.03. The Labute approximate surface area is 123 Å². The summed E-state index contributed by atoms with van der Waals surface area (Å²) in [6.07, 6.45) is 0. The number of amidine groups is 1. The van der Waals surface area contributed by atoms with Crippen LogP contribution < -0.4 is 5.73 Å². The van der Waals surface area contributed by atoms with Crippen molar-refractivity contribution in [2.75, 3.05) is 27.2 Å². The molecular weight excluding hydrogens is 272 g/mol. The average molecular weight is 292 g/mol. The molecule has 1 aromatic rings. The van der Waals surface area contributed by atoms with E-state index in [1.165, 1.54) is 9.80 Å². The lowest BCUT2D eigenvalue weighted by atomic mass is 10.1. The zero-order valence-electron chi connectivity index (χ0n) is 12.4. The van der Waals surface area contributed by atoms with Crippen LogP contribution in [0.15, 0.2) is 29.4 Å². The predicted octanol–water partition coefficient (Wildman–Crippen LogP) is 0.331. The Morgan fingerprint density at radius 2 is 1.71 bits per heavy atom. The predicted molar refractivity (Wildman–Crippen MR) is 79.2 cm³/mol. The Morgan fingerprint density at radius 1 is 1.19 bits per heavy atom. The smallest absolute Gasteiger partial charge is 0.254 e. The van der Waals surface area contributed by atoms with Crippen molar-refractivity contribution in [1.29, 1.82) is 0 Å². The fourth-order valence-corrected chi connectivity index (χ4v) is 1.66. The second-order valence-corrected chi connectivity index (χ2v) is 4.67. The van der Waals surface area contributed by atoms with Crippen molar-refractivity contribution in [3.63, 3.8) is 0 Å². The highest BCUT2D eigenvalue weighted by Crippen LogP contribution is 2.08. The standard InChI is InChI=1S/C14H20N4O3/c1-4-18(9-12(19)17(2)3)14(20)11-7-5-10(6-8-11)13(15)16-21/h5-8,21H,4,9H2,1-3H3,(H2,15,16). The Bertz CT molecular complexity index is 538. The van der Waals surface area contributed by atoms with E-state index >= 15 is 0 Å². The lowest BCUT2D eigenvalue weighted by Gasteiger charge is -2.22. The first-order valence-corrected chi connectivity index (χ1v) is 6.48. The van der Waals surface area contributed by atoms with Gasteiger partial charge in [0.05, 0.1) is 6.54 Å². The quantitative estimate of drug-likeness (QED) is 0.353. The largest absolute Gasteiger partial charge is 0.409 e. The lowest BCUT2D eigenvalue weighted by Crippen LogP contribution is -2.40. The van der Waals surface area contributed by atoms with Crippen molar-refractivity contribution in [2.45, 2.75) is 6.92 Å². The Balaban J connectivity index is 2.88. The fourth-order valence-electron chi connectivity index (χ4n) is 1.66. The molecule has 0 saturated heterocycles. The molecule has 0 heterocycles. The summed E-state index contributed by atoms with van der Waals surface area (Å²) >= 11 is 0. The van der Waals surface area contributed by atoms with Crippen molar-refractivity contribution in [3.8, 4) is 0 Å². The van der Waals surface area contributed by atoms with E-state index in [0.29, 0.717) is 17.7 Å². The molecule has 2 amide bonds. The van der Waals surface area contributed by atoms with Gasteiger partial charge in [-0.2, -0.15) is 0 Å². The third-order valence-corrected chi connectivity index (χ3v) is 3.03. The molecule has 0 fully saturated rings. The first kappa shape index (κ1) is 16.5. The highest BCUT2D eigenvalue weighted by Gasteiger charge is 2.18. The van der Waals surface area contributed by atoms with Crippen molar-refractivity contribution in [1.82, 2.24) is 9.80 Å². The summed E-state index contributed by atoms with van der Waals surface area (Å²) in [5.74, 6) is -0.402. The van der Waals surface area contributed by atoms with Gasteiger partial charge in [0.2, 0.25) is 5.91 Å². The third kappa shape index (κ3) is 4.20. The summed E-state index contributed by atoms with van der Waals surface area (Å²) in [5.41, 5.74) is 6.42. The molecule has 0 aromatic heterocycles. The highest BCUT2D eigenvalue weighted by molar-refractivity contribution is 6.00. The summed E-state index contributed by atoms with van der Waals surface area (Å²) in [6.45, 7) is 2.27. The van der Waals surface area contributed by atoms with Crippen molar-refractivity contribution >= 4 is 17.6 Å². The molecule has 0 aliphatic rings. The number of carbonyl (C=O) groups is 2. The second-order valence-electron chi connectivity index (χ2n) is 4.67. The number of amides is 2. The van der Waals surface area contributed by atoms with E-state index in [2.05, 4.69) is 5.16 Å². The van der Waals surface area contributed by atoms with E-state index in [9.17, 15) is 9.59 Å². The monoisotopic (exact) mass is 292 g/mol. The van der Waals surface area contributed by atoms with Gasteiger partial charge in [-0.05, 0) is 19.1 Å². The zero-order chi connectivity index (χ0) is 16.0. The number of likely N-dealkylation sites (N-methyl/N-ethyl adjacent to an activating group) is 2. The van der Waals surface area contributed by atoms with Gasteiger partial charge < -0.3 is 20.7 Å². The number of nitrogens with zero attached hydrogens (tertiary/aromatic N) is 3. The Hall–Kier alpha value is -2.57. The highest BCUT2D eigenvalue weighted by atomic mass is 16.4. The topological polar surface area (TPSA) is 99.2 Å². The van der Waals surface area contributed by atoms with Gasteiger partial charge in [-0.3, -0.25) is 9.59 Å². The maximum absolute atomic E-state index is 12.3. The van der Waals surface area contributed by atoms with Crippen LogP contribution in [0.5, 0.6) is 0 Å². The summed E-state index contributed by atoms with van der Waals surface area (Å²) < 4.78 is 0. The van der Waals surface area contributed by atoms with Gasteiger partial charge in [-0.15, -0.1) is 0 Å². The van der Waals surface area contributed by atoms with E-state index in [-0.39, 0.29) is 24.2 Å². The minimum absolute atomic E-state index is 0.0240. The molecule has 114 valence electrons. The van der Waals surface area contributed by atoms with Crippen LogP contribution in [-0.4, -0.2) is 59.8 Å². The van der Waals surface area contributed by atoms with E-state index in [1.807, 2.05) is 6.92 Å². The molecule has 0 radical (unpaired) electrons. The molecule has 3 N–H and O–H groups in total. The van der Waals surface area contributed by atoms with Crippen molar-refractivity contribution in [3.05, 3.63) is 35.4 Å². The first-order valence-electron chi connectivity index (χ1n) is 6.48.